The summed E-state index contributed by atoms with van der Waals surface area (Å²) in [5.74, 6) is -0.839. The molecule has 1 atom stereocenters. The summed E-state index contributed by atoms with van der Waals surface area (Å²) in [5, 5.41) is 0.621. The predicted octanol–water partition coefficient (Wildman–Crippen LogP) is 4.95. The van der Waals surface area contributed by atoms with Crippen LogP contribution in [0.2, 0.25) is 5.02 Å². The summed E-state index contributed by atoms with van der Waals surface area (Å²) in [7, 11) is 0. The maximum absolute atomic E-state index is 13.4. The van der Waals surface area contributed by atoms with Crippen molar-refractivity contribution in [1.29, 1.82) is 0 Å². The predicted molar refractivity (Wildman–Crippen MR) is 115 cm³/mol. The molecule has 0 N–H and O–H groups in total. The highest BCUT2D eigenvalue weighted by Gasteiger charge is 2.49. The van der Waals surface area contributed by atoms with E-state index in [0.717, 1.165) is 16.7 Å². The van der Waals surface area contributed by atoms with Gasteiger partial charge in [-0.25, -0.2) is 4.79 Å². The van der Waals surface area contributed by atoms with E-state index in [-0.39, 0.29) is 18.1 Å². The summed E-state index contributed by atoms with van der Waals surface area (Å²) in [6, 6.07) is 17.3. The van der Waals surface area contributed by atoms with Crippen LogP contribution in [0.5, 0.6) is 0 Å². The average molecular weight is 412 g/mol. The number of nitrogens with zero attached hydrogens (tertiary/aromatic N) is 1. The minimum absolute atomic E-state index is 0.145. The maximum atomic E-state index is 13.4. The molecule has 1 aliphatic rings. The van der Waals surface area contributed by atoms with Crippen LogP contribution in [0.4, 0.5) is 0 Å². The van der Waals surface area contributed by atoms with E-state index in [4.69, 9.17) is 16.3 Å². The SMILES string of the molecule is CCOC(=O)C1=C(Cc2ccccc2Cl)C(C)(CC)N(Cc2ccccc2)C1=O. The molecule has 0 spiro atoms. The Hall–Kier alpha value is -2.59. The van der Waals surface area contributed by atoms with Crippen LogP contribution >= 0.6 is 11.6 Å². The molecule has 1 unspecified atom stereocenters. The number of benzene rings is 2. The normalized spacial score (nSPS) is 19.0. The first-order valence-corrected chi connectivity index (χ1v) is 10.3. The van der Waals surface area contributed by atoms with Crippen LogP contribution in [-0.4, -0.2) is 28.9 Å². The number of ether oxygens (including phenoxy) is 1. The van der Waals surface area contributed by atoms with Gasteiger partial charge >= 0.3 is 5.97 Å². The lowest BCUT2D eigenvalue weighted by Crippen LogP contribution is -2.45. The van der Waals surface area contributed by atoms with Crippen LogP contribution in [0.15, 0.2) is 65.7 Å². The molecule has 29 heavy (non-hydrogen) atoms. The van der Waals surface area contributed by atoms with E-state index in [0.29, 0.717) is 24.4 Å². The second-order valence-corrected chi connectivity index (χ2v) is 7.75. The van der Waals surface area contributed by atoms with Crippen molar-refractivity contribution in [2.75, 3.05) is 6.61 Å². The molecule has 0 aliphatic carbocycles. The first-order chi connectivity index (χ1) is 13.9. The lowest BCUT2D eigenvalue weighted by atomic mass is 9.84. The van der Waals surface area contributed by atoms with Crippen molar-refractivity contribution in [1.82, 2.24) is 4.90 Å². The van der Waals surface area contributed by atoms with Crippen molar-refractivity contribution in [2.45, 2.75) is 45.7 Å². The molecule has 0 fully saturated rings. The summed E-state index contributed by atoms with van der Waals surface area (Å²) >= 11 is 6.39. The molecule has 1 aliphatic heterocycles. The van der Waals surface area contributed by atoms with E-state index in [2.05, 4.69) is 0 Å². The highest BCUT2D eigenvalue weighted by atomic mass is 35.5. The van der Waals surface area contributed by atoms with E-state index >= 15 is 0 Å². The van der Waals surface area contributed by atoms with Gasteiger partial charge in [0.2, 0.25) is 0 Å². The number of halogens is 1. The van der Waals surface area contributed by atoms with Crippen LogP contribution in [-0.2, 0) is 27.3 Å². The van der Waals surface area contributed by atoms with Gasteiger partial charge in [0, 0.05) is 11.6 Å². The molecule has 5 heteroatoms. The number of hydrogen-bond acceptors (Lipinski definition) is 3. The van der Waals surface area contributed by atoms with Crippen molar-refractivity contribution in [3.05, 3.63) is 81.9 Å². The van der Waals surface area contributed by atoms with Crippen LogP contribution in [0.1, 0.15) is 38.3 Å². The van der Waals surface area contributed by atoms with Gasteiger partial charge in [0.05, 0.1) is 12.1 Å². The second kappa shape index (κ2) is 8.83. The fraction of sp³-hybridized carbons (Fsp3) is 0.333. The van der Waals surface area contributed by atoms with Gasteiger partial charge in [-0.1, -0.05) is 67.1 Å². The lowest BCUT2D eigenvalue weighted by molar-refractivity contribution is -0.142. The van der Waals surface area contributed by atoms with Gasteiger partial charge in [-0.15, -0.1) is 0 Å². The number of carbonyl (C=O) groups is 2. The van der Waals surface area contributed by atoms with Gasteiger partial charge in [-0.05, 0) is 49.5 Å². The van der Waals surface area contributed by atoms with Gasteiger partial charge in [-0.2, -0.15) is 0 Å². The van der Waals surface area contributed by atoms with Gasteiger partial charge in [0.15, 0.2) is 0 Å². The Kier molecular flexibility index (Phi) is 6.43. The molecular formula is C24H26ClNO3. The second-order valence-electron chi connectivity index (χ2n) is 7.35. The molecule has 2 aromatic carbocycles. The summed E-state index contributed by atoms with van der Waals surface area (Å²) in [6.07, 6.45) is 1.10. The third-order valence-corrected chi connectivity index (χ3v) is 6.05. The molecule has 0 aromatic heterocycles. The van der Waals surface area contributed by atoms with Crippen molar-refractivity contribution >= 4 is 23.5 Å². The minimum Gasteiger partial charge on any atom is -0.462 e. The Bertz CT molecular complexity index is 938. The van der Waals surface area contributed by atoms with Crippen LogP contribution in [0.25, 0.3) is 0 Å². The van der Waals surface area contributed by atoms with Crippen LogP contribution < -0.4 is 0 Å². The standard InChI is InChI=1S/C24H26ClNO3/c1-4-24(3)19(15-18-13-9-10-14-20(18)25)21(23(28)29-5-2)22(27)26(24)16-17-11-7-6-8-12-17/h6-14H,4-5,15-16H2,1-3H3. The molecule has 2 aromatic rings. The van der Waals surface area contributed by atoms with Gasteiger partial charge in [0.1, 0.15) is 5.57 Å². The number of carbonyl (C=O) groups excluding carboxylic acids is 2. The molecule has 3 rings (SSSR count). The van der Waals surface area contributed by atoms with E-state index in [1.54, 1.807) is 11.8 Å². The first kappa shape index (κ1) is 21.1. The Morgan fingerprint density at radius 3 is 2.34 bits per heavy atom. The van der Waals surface area contributed by atoms with Crippen molar-refractivity contribution < 1.29 is 14.3 Å². The third kappa shape index (κ3) is 4.08. The molecule has 4 nitrogen and oxygen atoms in total. The Balaban J connectivity index is 2.08. The summed E-state index contributed by atoms with van der Waals surface area (Å²) in [5.41, 5.74) is 2.22. The van der Waals surface area contributed by atoms with Crippen LogP contribution in [0.3, 0.4) is 0 Å². The van der Waals surface area contributed by atoms with Crippen molar-refractivity contribution in [2.24, 2.45) is 0 Å². The van der Waals surface area contributed by atoms with Crippen molar-refractivity contribution in [3.63, 3.8) is 0 Å². The van der Waals surface area contributed by atoms with Gasteiger partial charge in [0.25, 0.3) is 5.91 Å². The molecular weight excluding hydrogens is 386 g/mol. The van der Waals surface area contributed by atoms with Gasteiger partial charge in [-0.3, -0.25) is 4.79 Å². The Morgan fingerprint density at radius 1 is 1.07 bits per heavy atom. The molecule has 0 radical (unpaired) electrons. The third-order valence-electron chi connectivity index (χ3n) is 5.68. The molecule has 1 heterocycles. The molecule has 0 saturated heterocycles. The molecule has 152 valence electrons. The zero-order chi connectivity index (χ0) is 21.0. The smallest absolute Gasteiger partial charge is 0.343 e. The van der Waals surface area contributed by atoms with E-state index in [1.807, 2.05) is 68.4 Å². The number of amides is 1. The summed E-state index contributed by atoms with van der Waals surface area (Å²) in [4.78, 5) is 28.0. The van der Waals surface area contributed by atoms with Crippen molar-refractivity contribution in [3.8, 4) is 0 Å². The fourth-order valence-corrected chi connectivity index (χ4v) is 4.06. The number of esters is 1. The molecule has 0 saturated carbocycles. The number of rotatable bonds is 7. The quantitative estimate of drug-likeness (QED) is 0.478. The molecule has 0 bridgehead atoms. The van der Waals surface area contributed by atoms with Crippen LogP contribution in [0, 0.1) is 0 Å². The zero-order valence-electron chi connectivity index (χ0n) is 17.1. The highest BCUT2D eigenvalue weighted by Crippen LogP contribution is 2.42. The average Bonchev–Trinajstić information content (AvgIpc) is 2.92. The summed E-state index contributed by atoms with van der Waals surface area (Å²) < 4.78 is 5.25. The van der Waals surface area contributed by atoms with E-state index in [1.165, 1.54) is 0 Å². The van der Waals surface area contributed by atoms with E-state index in [9.17, 15) is 9.59 Å². The summed E-state index contributed by atoms with van der Waals surface area (Å²) in [6.45, 7) is 6.44. The minimum atomic E-state index is -0.603. The topological polar surface area (TPSA) is 46.6 Å². The fourth-order valence-electron chi connectivity index (χ4n) is 3.86. The largest absolute Gasteiger partial charge is 0.462 e. The Morgan fingerprint density at radius 2 is 1.72 bits per heavy atom. The van der Waals surface area contributed by atoms with E-state index < -0.39 is 11.5 Å². The first-order valence-electron chi connectivity index (χ1n) is 9.92. The maximum Gasteiger partial charge on any atom is 0.343 e. The number of hydrogen-bond donors (Lipinski definition) is 0. The Labute approximate surface area is 177 Å². The monoisotopic (exact) mass is 411 g/mol. The molecule has 1 amide bonds. The highest BCUT2D eigenvalue weighted by molar-refractivity contribution is 6.31. The zero-order valence-corrected chi connectivity index (χ0v) is 17.8. The lowest BCUT2D eigenvalue weighted by Gasteiger charge is -2.37. The van der Waals surface area contributed by atoms with Gasteiger partial charge < -0.3 is 9.64 Å².